The van der Waals surface area contributed by atoms with Crippen LogP contribution in [0.4, 0.5) is 0 Å². The third-order valence-corrected chi connectivity index (χ3v) is 2.31. The highest BCUT2D eigenvalue weighted by atomic mass is 35.5. The normalized spacial score (nSPS) is 14.4. The van der Waals surface area contributed by atoms with Crippen LogP contribution in [0.25, 0.3) is 0 Å². The van der Waals surface area contributed by atoms with Crippen LogP contribution in [-0.2, 0) is 6.54 Å². The molecule has 0 radical (unpaired) electrons. The van der Waals surface area contributed by atoms with Crippen molar-refractivity contribution in [3.8, 4) is 0 Å². The minimum Gasteiger partial charge on any atom is -0.309 e. The molecule has 1 atom stereocenters. The maximum Gasteiger partial charge on any atom is 0.0560 e. The SMILES string of the molecule is C/C(=C\Cl)CNC(C)Cn1cccn1. The van der Waals surface area contributed by atoms with E-state index >= 15 is 0 Å². The molecule has 0 spiro atoms. The van der Waals surface area contributed by atoms with Gasteiger partial charge in [0, 0.05) is 30.5 Å². The largest absolute Gasteiger partial charge is 0.309 e. The molecule has 1 heterocycles. The van der Waals surface area contributed by atoms with E-state index in [-0.39, 0.29) is 0 Å². The summed E-state index contributed by atoms with van der Waals surface area (Å²) in [5.41, 5.74) is 2.74. The third-order valence-electron chi connectivity index (χ3n) is 1.94. The lowest BCUT2D eigenvalue weighted by Gasteiger charge is -2.13. The Kier molecular flexibility index (Phi) is 4.70. The van der Waals surface area contributed by atoms with Crippen LogP contribution in [0.1, 0.15) is 13.8 Å². The summed E-state index contributed by atoms with van der Waals surface area (Å²) in [6.45, 7) is 5.83. The molecular weight excluding hydrogens is 198 g/mol. The number of nitrogens with one attached hydrogen (secondary N) is 1. The molecular formula is C10H16ClN3. The van der Waals surface area contributed by atoms with Gasteiger partial charge in [-0.1, -0.05) is 11.6 Å². The Morgan fingerprint density at radius 2 is 2.50 bits per heavy atom. The summed E-state index contributed by atoms with van der Waals surface area (Å²) in [5.74, 6) is 0. The van der Waals surface area contributed by atoms with E-state index in [4.69, 9.17) is 11.6 Å². The molecule has 0 aliphatic carbocycles. The number of halogens is 1. The highest BCUT2D eigenvalue weighted by Gasteiger charge is 2.01. The van der Waals surface area contributed by atoms with Gasteiger partial charge in [0.2, 0.25) is 0 Å². The third kappa shape index (κ3) is 3.94. The molecule has 0 aromatic carbocycles. The molecule has 0 aliphatic rings. The Morgan fingerprint density at radius 1 is 1.71 bits per heavy atom. The minimum absolute atomic E-state index is 0.390. The molecule has 4 heteroatoms. The van der Waals surface area contributed by atoms with Crippen LogP contribution in [-0.4, -0.2) is 22.4 Å². The standard InChI is InChI=1S/C10H16ClN3/c1-9(6-11)7-12-10(2)8-14-5-3-4-13-14/h3-6,10,12H,7-8H2,1-2H3/b9-6+. The molecule has 1 aromatic rings. The fourth-order valence-corrected chi connectivity index (χ4v) is 1.20. The van der Waals surface area contributed by atoms with Crippen molar-refractivity contribution in [1.82, 2.24) is 15.1 Å². The van der Waals surface area contributed by atoms with Crippen molar-refractivity contribution in [3.63, 3.8) is 0 Å². The van der Waals surface area contributed by atoms with E-state index in [9.17, 15) is 0 Å². The summed E-state index contributed by atoms with van der Waals surface area (Å²) in [7, 11) is 0. The zero-order valence-corrected chi connectivity index (χ0v) is 9.33. The predicted octanol–water partition coefficient (Wildman–Crippen LogP) is 2.00. The summed E-state index contributed by atoms with van der Waals surface area (Å²) in [5, 5.41) is 7.50. The van der Waals surface area contributed by atoms with Gasteiger partial charge in [0.05, 0.1) is 6.54 Å². The summed E-state index contributed by atoms with van der Waals surface area (Å²) in [6.07, 6.45) is 3.75. The fraction of sp³-hybridized carbons (Fsp3) is 0.500. The number of hydrogen-bond donors (Lipinski definition) is 1. The second-order valence-corrected chi connectivity index (χ2v) is 3.68. The summed E-state index contributed by atoms with van der Waals surface area (Å²) < 4.78 is 1.91. The van der Waals surface area contributed by atoms with E-state index in [1.165, 1.54) is 0 Å². The van der Waals surface area contributed by atoms with E-state index < -0.39 is 0 Å². The molecule has 1 unspecified atom stereocenters. The van der Waals surface area contributed by atoms with Gasteiger partial charge in [-0.2, -0.15) is 5.10 Å². The molecule has 78 valence electrons. The zero-order valence-electron chi connectivity index (χ0n) is 8.57. The van der Waals surface area contributed by atoms with Gasteiger partial charge in [-0.3, -0.25) is 4.68 Å². The van der Waals surface area contributed by atoms with Gasteiger partial charge in [0.15, 0.2) is 0 Å². The van der Waals surface area contributed by atoms with Crippen LogP contribution >= 0.6 is 11.6 Å². The number of hydrogen-bond acceptors (Lipinski definition) is 2. The Hall–Kier alpha value is -0.800. The van der Waals surface area contributed by atoms with E-state index in [1.807, 2.05) is 23.9 Å². The van der Waals surface area contributed by atoms with Crippen molar-refractivity contribution in [2.45, 2.75) is 26.4 Å². The molecule has 0 saturated carbocycles. The molecule has 0 fully saturated rings. The van der Waals surface area contributed by atoms with E-state index in [1.54, 1.807) is 11.7 Å². The lowest BCUT2D eigenvalue weighted by molar-refractivity contribution is 0.465. The van der Waals surface area contributed by atoms with Crippen molar-refractivity contribution in [2.24, 2.45) is 0 Å². The Balaban J connectivity index is 2.26. The summed E-state index contributed by atoms with van der Waals surface area (Å²) in [4.78, 5) is 0. The van der Waals surface area contributed by atoms with Gasteiger partial charge in [-0.05, 0) is 25.5 Å². The first-order valence-corrected chi connectivity index (χ1v) is 5.12. The molecule has 1 N–H and O–H groups in total. The zero-order chi connectivity index (χ0) is 10.4. The van der Waals surface area contributed by atoms with Gasteiger partial charge in [0.25, 0.3) is 0 Å². The van der Waals surface area contributed by atoms with Crippen molar-refractivity contribution < 1.29 is 0 Å². The first kappa shape index (κ1) is 11.3. The maximum atomic E-state index is 5.56. The second-order valence-electron chi connectivity index (χ2n) is 3.47. The van der Waals surface area contributed by atoms with Gasteiger partial charge in [-0.25, -0.2) is 0 Å². The Morgan fingerprint density at radius 3 is 3.07 bits per heavy atom. The Bertz CT molecular complexity index is 280. The fourth-order valence-electron chi connectivity index (χ4n) is 1.13. The van der Waals surface area contributed by atoms with E-state index in [0.717, 1.165) is 18.7 Å². The summed E-state index contributed by atoms with van der Waals surface area (Å²) >= 11 is 5.56. The second kappa shape index (κ2) is 5.83. The molecule has 0 bridgehead atoms. The van der Waals surface area contributed by atoms with Gasteiger partial charge < -0.3 is 5.32 Å². The number of nitrogens with zero attached hydrogens (tertiary/aromatic N) is 2. The molecule has 0 aliphatic heterocycles. The van der Waals surface area contributed by atoms with Gasteiger partial charge >= 0.3 is 0 Å². The molecule has 0 amide bonds. The van der Waals surface area contributed by atoms with Crippen molar-refractivity contribution in [1.29, 1.82) is 0 Å². The van der Waals surface area contributed by atoms with Crippen LogP contribution in [0.5, 0.6) is 0 Å². The summed E-state index contributed by atoms with van der Waals surface area (Å²) in [6, 6.07) is 2.32. The van der Waals surface area contributed by atoms with Crippen LogP contribution in [0.15, 0.2) is 29.6 Å². The Labute approximate surface area is 89.8 Å². The smallest absolute Gasteiger partial charge is 0.0560 e. The van der Waals surface area contributed by atoms with Crippen molar-refractivity contribution >= 4 is 11.6 Å². The molecule has 3 nitrogen and oxygen atoms in total. The number of aromatic nitrogens is 2. The first-order chi connectivity index (χ1) is 6.72. The van der Waals surface area contributed by atoms with E-state index in [2.05, 4.69) is 17.3 Å². The lowest BCUT2D eigenvalue weighted by Crippen LogP contribution is -2.31. The van der Waals surface area contributed by atoms with Crippen LogP contribution in [0, 0.1) is 0 Å². The molecule has 0 saturated heterocycles. The van der Waals surface area contributed by atoms with Crippen LogP contribution in [0.3, 0.4) is 0 Å². The molecule has 1 rings (SSSR count). The first-order valence-electron chi connectivity index (χ1n) is 4.69. The topological polar surface area (TPSA) is 29.9 Å². The highest BCUT2D eigenvalue weighted by Crippen LogP contribution is 1.95. The molecule has 1 aromatic heterocycles. The van der Waals surface area contributed by atoms with Gasteiger partial charge in [0.1, 0.15) is 0 Å². The average Bonchev–Trinajstić information content (AvgIpc) is 2.66. The monoisotopic (exact) mass is 213 g/mol. The average molecular weight is 214 g/mol. The maximum absolute atomic E-state index is 5.56. The lowest BCUT2D eigenvalue weighted by atomic mass is 10.3. The van der Waals surface area contributed by atoms with Gasteiger partial charge in [-0.15, -0.1) is 0 Å². The minimum atomic E-state index is 0.390. The highest BCUT2D eigenvalue weighted by molar-refractivity contribution is 6.25. The quantitative estimate of drug-likeness (QED) is 0.811. The molecule has 14 heavy (non-hydrogen) atoms. The van der Waals surface area contributed by atoms with E-state index in [0.29, 0.717) is 6.04 Å². The van der Waals surface area contributed by atoms with Crippen molar-refractivity contribution in [3.05, 3.63) is 29.6 Å². The van der Waals surface area contributed by atoms with Crippen LogP contribution < -0.4 is 5.32 Å². The number of rotatable bonds is 5. The predicted molar refractivity (Wildman–Crippen MR) is 59.3 cm³/mol. The van der Waals surface area contributed by atoms with Crippen LogP contribution in [0.2, 0.25) is 0 Å². The van der Waals surface area contributed by atoms with Crippen molar-refractivity contribution in [2.75, 3.05) is 6.54 Å².